The van der Waals surface area contributed by atoms with Crippen molar-refractivity contribution < 1.29 is 4.74 Å². The Labute approximate surface area is 73.1 Å². The van der Waals surface area contributed by atoms with Crippen molar-refractivity contribution in [1.29, 1.82) is 0 Å². The topological polar surface area (TPSA) is 64.5 Å². The predicted octanol–water partition coefficient (Wildman–Crippen LogP) is 0.161. The van der Waals surface area contributed by atoms with E-state index < -0.39 is 0 Å². The number of hydrazine groups is 1. The lowest BCUT2D eigenvalue weighted by Crippen LogP contribution is -2.43. The summed E-state index contributed by atoms with van der Waals surface area (Å²) in [4.78, 5) is 0. The average molecular weight is 171 g/mol. The minimum absolute atomic E-state index is 0.388. The first kappa shape index (κ1) is 9.35. The maximum Gasteiger partial charge on any atom is 0.0493 e. The smallest absolute Gasteiger partial charge is 0.0493 e. The SMILES string of the molecule is C/C(=C/N)N(N)C1CCOCC1. The number of nitrogens with two attached hydrogens (primary N) is 2. The van der Waals surface area contributed by atoms with Crippen LogP contribution < -0.4 is 11.6 Å². The summed E-state index contributed by atoms with van der Waals surface area (Å²) < 4.78 is 5.23. The van der Waals surface area contributed by atoms with Crippen LogP contribution in [0.1, 0.15) is 19.8 Å². The summed E-state index contributed by atoms with van der Waals surface area (Å²) in [6.45, 7) is 3.52. The number of rotatable bonds is 2. The van der Waals surface area contributed by atoms with E-state index in [0.717, 1.165) is 31.8 Å². The summed E-state index contributed by atoms with van der Waals surface area (Å²) >= 11 is 0. The molecule has 1 aliphatic heterocycles. The van der Waals surface area contributed by atoms with E-state index in [0.29, 0.717) is 6.04 Å². The zero-order valence-corrected chi connectivity index (χ0v) is 7.49. The van der Waals surface area contributed by atoms with Crippen molar-refractivity contribution in [3.63, 3.8) is 0 Å². The van der Waals surface area contributed by atoms with E-state index in [1.54, 1.807) is 5.01 Å². The largest absolute Gasteiger partial charge is 0.403 e. The van der Waals surface area contributed by atoms with Crippen LogP contribution in [0.2, 0.25) is 0 Å². The van der Waals surface area contributed by atoms with Gasteiger partial charge in [0, 0.05) is 31.2 Å². The fourth-order valence-corrected chi connectivity index (χ4v) is 1.34. The molecular weight excluding hydrogens is 154 g/mol. The molecule has 4 N–H and O–H groups in total. The molecule has 0 bridgehead atoms. The molecule has 1 rings (SSSR count). The third kappa shape index (κ3) is 2.12. The highest BCUT2D eigenvalue weighted by Crippen LogP contribution is 2.14. The van der Waals surface area contributed by atoms with Crippen LogP contribution in [0.3, 0.4) is 0 Å². The van der Waals surface area contributed by atoms with Gasteiger partial charge in [-0.25, -0.2) is 5.84 Å². The van der Waals surface area contributed by atoms with Crippen LogP contribution in [0.4, 0.5) is 0 Å². The van der Waals surface area contributed by atoms with Crippen molar-refractivity contribution in [3.05, 3.63) is 11.9 Å². The van der Waals surface area contributed by atoms with Gasteiger partial charge in [-0.3, -0.25) is 0 Å². The Morgan fingerprint density at radius 3 is 2.58 bits per heavy atom. The molecule has 0 aromatic rings. The zero-order chi connectivity index (χ0) is 8.97. The van der Waals surface area contributed by atoms with Crippen LogP contribution in [0.15, 0.2) is 11.9 Å². The molecule has 0 radical (unpaired) electrons. The molecule has 4 heteroatoms. The lowest BCUT2D eigenvalue weighted by Gasteiger charge is -2.32. The molecule has 1 aliphatic rings. The Morgan fingerprint density at radius 2 is 2.08 bits per heavy atom. The van der Waals surface area contributed by atoms with Crippen LogP contribution in [0.5, 0.6) is 0 Å². The summed E-state index contributed by atoms with van der Waals surface area (Å²) in [5.74, 6) is 5.83. The Balaban J connectivity index is 2.44. The number of hydrogen-bond acceptors (Lipinski definition) is 4. The maximum absolute atomic E-state index is 5.83. The molecule has 12 heavy (non-hydrogen) atoms. The molecule has 70 valence electrons. The molecule has 0 aromatic carbocycles. The molecular formula is C8H17N3O. The van der Waals surface area contributed by atoms with Crippen molar-refractivity contribution in [1.82, 2.24) is 5.01 Å². The van der Waals surface area contributed by atoms with Gasteiger partial charge in [0.2, 0.25) is 0 Å². The van der Waals surface area contributed by atoms with Crippen molar-refractivity contribution in [3.8, 4) is 0 Å². The molecule has 1 fully saturated rings. The maximum atomic E-state index is 5.83. The molecule has 0 aliphatic carbocycles. The van der Waals surface area contributed by atoms with Gasteiger partial charge >= 0.3 is 0 Å². The molecule has 0 amide bonds. The first-order chi connectivity index (χ1) is 5.75. The normalized spacial score (nSPS) is 21.0. The van der Waals surface area contributed by atoms with Crippen LogP contribution in [-0.2, 0) is 4.74 Å². The van der Waals surface area contributed by atoms with E-state index in [9.17, 15) is 0 Å². The minimum atomic E-state index is 0.388. The second-order valence-electron chi connectivity index (χ2n) is 3.06. The Hall–Kier alpha value is -0.740. The van der Waals surface area contributed by atoms with Gasteiger partial charge in [0.05, 0.1) is 0 Å². The predicted molar refractivity (Wildman–Crippen MR) is 47.8 cm³/mol. The monoisotopic (exact) mass is 171 g/mol. The first-order valence-electron chi connectivity index (χ1n) is 4.26. The first-order valence-corrected chi connectivity index (χ1v) is 4.26. The van der Waals surface area contributed by atoms with Crippen molar-refractivity contribution in [2.45, 2.75) is 25.8 Å². The van der Waals surface area contributed by atoms with E-state index in [2.05, 4.69) is 0 Å². The van der Waals surface area contributed by atoms with E-state index in [-0.39, 0.29) is 0 Å². The molecule has 0 aromatic heterocycles. The highest BCUT2D eigenvalue weighted by molar-refractivity contribution is 4.95. The van der Waals surface area contributed by atoms with Crippen molar-refractivity contribution in [2.75, 3.05) is 13.2 Å². The van der Waals surface area contributed by atoms with Crippen molar-refractivity contribution in [2.24, 2.45) is 11.6 Å². The van der Waals surface area contributed by atoms with Gasteiger partial charge in [-0.1, -0.05) is 0 Å². The Morgan fingerprint density at radius 1 is 1.50 bits per heavy atom. The van der Waals surface area contributed by atoms with Crippen LogP contribution in [0, 0.1) is 0 Å². The molecule has 1 saturated heterocycles. The summed E-state index contributed by atoms with van der Waals surface area (Å²) in [6.07, 6.45) is 3.51. The Bertz CT molecular complexity index is 164. The number of ether oxygens (including phenoxy) is 1. The highest BCUT2D eigenvalue weighted by Gasteiger charge is 2.18. The summed E-state index contributed by atoms with van der Waals surface area (Å²) in [5.41, 5.74) is 6.28. The number of nitrogens with zero attached hydrogens (tertiary/aromatic N) is 1. The minimum Gasteiger partial charge on any atom is -0.403 e. The van der Waals surface area contributed by atoms with E-state index in [4.69, 9.17) is 16.3 Å². The average Bonchev–Trinajstić information content (AvgIpc) is 2.17. The van der Waals surface area contributed by atoms with Gasteiger partial charge < -0.3 is 15.5 Å². The fourth-order valence-electron chi connectivity index (χ4n) is 1.34. The molecule has 4 nitrogen and oxygen atoms in total. The van der Waals surface area contributed by atoms with Crippen molar-refractivity contribution >= 4 is 0 Å². The summed E-state index contributed by atoms with van der Waals surface area (Å²) in [6, 6.07) is 0.388. The quantitative estimate of drug-likeness (QED) is 0.459. The highest BCUT2D eigenvalue weighted by atomic mass is 16.5. The van der Waals surface area contributed by atoms with Gasteiger partial charge in [-0.15, -0.1) is 0 Å². The second-order valence-corrected chi connectivity index (χ2v) is 3.06. The Kier molecular flexibility index (Phi) is 3.37. The van der Waals surface area contributed by atoms with Gasteiger partial charge in [0.15, 0.2) is 0 Å². The second kappa shape index (κ2) is 4.33. The van der Waals surface area contributed by atoms with Crippen LogP contribution >= 0.6 is 0 Å². The van der Waals surface area contributed by atoms with Crippen LogP contribution in [0.25, 0.3) is 0 Å². The molecule has 0 atom stereocenters. The third-order valence-electron chi connectivity index (χ3n) is 2.23. The van der Waals surface area contributed by atoms with Gasteiger partial charge in [0.1, 0.15) is 0 Å². The van der Waals surface area contributed by atoms with E-state index in [1.165, 1.54) is 6.20 Å². The van der Waals surface area contributed by atoms with Gasteiger partial charge in [0.25, 0.3) is 0 Å². The number of allylic oxidation sites excluding steroid dienone is 1. The van der Waals surface area contributed by atoms with E-state index in [1.807, 2.05) is 6.92 Å². The van der Waals surface area contributed by atoms with Crippen LogP contribution in [-0.4, -0.2) is 24.3 Å². The standard InChI is InChI=1S/C8H17N3O/c1-7(6-9)11(10)8-2-4-12-5-3-8/h6,8H,2-5,9-10H2,1H3/b7-6-. The van der Waals surface area contributed by atoms with Gasteiger partial charge in [-0.2, -0.15) is 0 Å². The molecule has 1 heterocycles. The lowest BCUT2D eigenvalue weighted by molar-refractivity contribution is 0.0454. The molecule has 0 spiro atoms. The molecule has 0 saturated carbocycles. The third-order valence-corrected chi connectivity index (χ3v) is 2.23. The lowest BCUT2D eigenvalue weighted by atomic mass is 10.1. The van der Waals surface area contributed by atoms with E-state index >= 15 is 0 Å². The number of hydrogen-bond donors (Lipinski definition) is 2. The molecule has 0 unspecified atom stereocenters. The fraction of sp³-hybridized carbons (Fsp3) is 0.750. The van der Waals surface area contributed by atoms with Gasteiger partial charge in [-0.05, 0) is 19.8 Å². The zero-order valence-electron chi connectivity index (χ0n) is 7.49. The summed E-state index contributed by atoms with van der Waals surface area (Å²) in [7, 11) is 0. The summed E-state index contributed by atoms with van der Waals surface area (Å²) in [5, 5.41) is 1.74.